The summed E-state index contributed by atoms with van der Waals surface area (Å²) in [5, 5.41) is 20.3. The normalized spacial score (nSPS) is 17.1. The molecule has 1 heterocycles. The summed E-state index contributed by atoms with van der Waals surface area (Å²) >= 11 is 0. The van der Waals surface area contributed by atoms with Crippen LogP contribution in [-0.2, 0) is 9.84 Å². The smallest absolute Gasteiger partial charge is 0.175 e. The predicted octanol–water partition coefficient (Wildman–Crippen LogP) is 4.30. The van der Waals surface area contributed by atoms with Gasteiger partial charge in [-0.2, -0.15) is 5.26 Å². The Balaban J connectivity index is 1.53. The first kappa shape index (κ1) is 22.8. The van der Waals surface area contributed by atoms with Crippen LogP contribution in [0, 0.1) is 11.3 Å². The number of para-hydroxylation sites is 1. The van der Waals surface area contributed by atoms with E-state index in [4.69, 9.17) is 0 Å². The molecule has 33 heavy (non-hydrogen) atoms. The molecule has 0 aromatic heterocycles. The Hall–Kier alpha value is -3.34. The van der Waals surface area contributed by atoms with E-state index in [0.717, 1.165) is 22.5 Å². The summed E-state index contributed by atoms with van der Waals surface area (Å²) < 4.78 is 23.5. The molecule has 1 aliphatic heterocycles. The molecule has 170 valence electrons. The van der Waals surface area contributed by atoms with E-state index in [1.807, 2.05) is 48.5 Å². The zero-order chi connectivity index (χ0) is 23.4. The van der Waals surface area contributed by atoms with Crippen LogP contribution >= 0.6 is 0 Å². The molecule has 6 nitrogen and oxygen atoms in total. The first-order valence-corrected chi connectivity index (χ1v) is 12.9. The number of fused-ring (bicyclic) bond motifs is 1. The van der Waals surface area contributed by atoms with Gasteiger partial charge in [0.15, 0.2) is 9.84 Å². The lowest BCUT2D eigenvalue weighted by atomic mass is 9.94. The number of nitrogens with one attached hydrogen (secondary N) is 3. The maximum absolute atomic E-state index is 11.7. The van der Waals surface area contributed by atoms with Crippen molar-refractivity contribution in [3.63, 3.8) is 0 Å². The van der Waals surface area contributed by atoms with Gasteiger partial charge in [0.2, 0.25) is 0 Å². The van der Waals surface area contributed by atoms with Gasteiger partial charge >= 0.3 is 0 Å². The van der Waals surface area contributed by atoms with E-state index >= 15 is 0 Å². The summed E-state index contributed by atoms with van der Waals surface area (Å²) in [5.74, 6) is 0.184. The molecule has 1 aliphatic rings. The fraction of sp³-hybridized carbons (Fsp3) is 0.269. The number of hydrogen-bond acceptors (Lipinski definition) is 6. The van der Waals surface area contributed by atoms with E-state index in [1.54, 1.807) is 12.1 Å². The van der Waals surface area contributed by atoms with E-state index in [0.29, 0.717) is 23.5 Å². The number of rotatable bonds is 7. The van der Waals surface area contributed by atoms with Crippen molar-refractivity contribution in [2.45, 2.75) is 29.8 Å². The summed E-state index contributed by atoms with van der Waals surface area (Å²) in [6.07, 6.45) is 1.22. The summed E-state index contributed by atoms with van der Waals surface area (Å²) in [6.45, 7) is 3.55. The van der Waals surface area contributed by atoms with Gasteiger partial charge in [-0.05, 0) is 41.3 Å². The van der Waals surface area contributed by atoms with Crippen LogP contribution in [0.5, 0.6) is 0 Å². The number of nitrogens with zero attached hydrogens (tertiary/aromatic N) is 1. The fourth-order valence-electron chi connectivity index (χ4n) is 4.22. The van der Waals surface area contributed by atoms with E-state index in [1.165, 1.54) is 6.26 Å². The van der Waals surface area contributed by atoms with E-state index < -0.39 is 9.84 Å². The van der Waals surface area contributed by atoms with Gasteiger partial charge in [-0.3, -0.25) is 0 Å². The first-order chi connectivity index (χ1) is 15.9. The molecule has 0 amide bonds. The van der Waals surface area contributed by atoms with Gasteiger partial charge in [0.25, 0.3) is 0 Å². The van der Waals surface area contributed by atoms with Gasteiger partial charge in [-0.25, -0.2) is 8.42 Å². The molecule has 3 aromatic carbocycles. The summed E-state index contributed by atoms with van der Waals surface area (Å²) in [6, 6.07) is 25.4. The summed E-state index contributed by atoms with van der Waals surface area (Å²) in [4.78, 5) is 0.331. The molecular formula is C26H28N4O2S. The molecular weight excluding hydrogens is 432 g/mol. The van der Waals surface area contributed by atoms with Gasteiger partial charge in [0, 0.05) is 19.3 Å². The molecule has 0 bridgehead atoms. The SMILES string of the molecule is C[C@H](CN[C@H](c1ccccc1)[C@H]1CNc2cccc(C#N)c2N1)c1ccc(S(C)(=O)=O)cc1. The van der Waals surface area contributed by atoms with Gasteiger partial charge in [0.1, 0.15) is 6.07 Å². The molecule has 0 saturated heterocycles. The molecule has 7 heteroatoms. The van der Waals surface area contributed by atoms with Crippen molar-refractivity contribution in [1.29, 1.82) is 5.26 Å². The minimum atomic E-state index is -3.21. The van der Waals surface area contributed by atoms with Crippen LogP contribution in [0.15, 0.2) is 77.7 Å². The third-order valence-corrected chi connectivity index (χ3v) is 7.24. The van der Waals surface area contributed by atoms with Crippen molar-refractivity contribution >= 4 is 21.2 Å². The second-order valence-corrected chi connectivity index (χ2v) is 10.5. The molecule has 0 aliphatic carbocycles. The Morgan fingerprint density at radius 1 is 1.03 bits per heavy atom. The van der Waals surface area contributed by atoms with Crippen LogP contribution in [-0.4, -0.2) is 33.8 Å². The first-order valence-electron chi connectivity index (χ1n) is 11.0. The average Bonchev–Trinajstić information content (AvgIpc) is 2.83. The molecule has 0 saturated carbocycles. The Morgan fingerprint density at radius 3 is 2.42 bits per heavy atom. The highest BCUT2D eigenvalue weighted by Crippen LogP contribution is 2.33. The van der Waals surface area contributed by atoms with Gasteiger partial charge < -0.3 is 16.0 Å². The number of nitriles is 1. The highest BCUT2D eigenvalue weighted by atomic mass is 32.2. The summed E-state index contributed by atoms with van der Waals surface area (Å²) in [7, 11) is -3.21. The molecule has 3 N–H and O–H groups in total. The lowest BCUT2D eigenvalue weighted by Gasteiger charge is -2.36. The van der Waals surface area contributed by atoms with Crippen LogP contribution in [0.3, 0.4) is 0 Å². The molecule has 0 unspecified atom stereocenters. The van der Waals surface area contributed by atoms with Crippen LogP contribution in [0.2, 0.25) is 0 Å². The Labute approximate surface area is 195 Å². The van der Waals surface area contributed by atoms with E-state index in [-0.39, 0.29) is 18.0 Å². The topological polar surface area (TPSA) is 94.0 Å². The van der Waals surface area contributed by atoms with Crippen LogP contribution < -0.4 is 16.0 Å². The van der Waals surface area contributed by atoms with Crippen molar-refractivity contribution in [1.82, 2.24) is 5.32 Å². The predicted molar refractivity (Wildman–Crippen MR) is 132 cm³/mol. The fourth-order valence-corrected chi connectivity index (χ4v) is 4.85. The van der Waals surface area contributed by atoms with Crippen LogP contribution in [0.1, 0.15) is 35.6 Å². The Morgan fingerprint density at radius 2 is 1.76 bits per heavy atom. The average molecular weight is 461 g/mol. The van der Waals surface area contributed by atoms with Crippen molar-refractivity contribution in [3.05, 3.63) is 89.5 Å². The largest absolute Gasteiger partial charge is 0.381 e. The lowest BCUT2D eigenvalue weighted by Crippen LogP contribution is -2.45. The van der Waals surface area contributed by atoms with Crippen molar-refractivity contribution < 1.29 is 8.42 Å². The molecule has 0 spiro atoms. The minimum absolute atomic E-state index is 0.0105. The Bertz CT molecular complexity index is 1250. The zero-order valence-corrected chi connectivity index (χ0v) is 19.6. The third kappa shape index (κ3) is 5.19. The second-order valence-electron chi connectivity index (χ2n) is 8.51. The minimum Gasteiger partial charge on any atom is -0.381 e. The van der Waals surface area contributed by atoms with Crippen molar-refractivity contribution in [3.8, 4) is 6.07 Å². The quantitative estimate of drug-likeness (QED) is 0.487. The van der Waals surface area contributed by atoms with Crippen LogP contribution in [0.4, 0.5) is 11.4 Å². The number of benzene rings is 3. The molecule has 0 radical (unpaired) electrons. The van der Waals surface area contributed by atoms with Crippen LogP contribution in [0.25, 0.3) is 0 Å². The standard InChI is InChI=1S/C26H28N4O2S/c1-18(19-11-13-22(14-12-19)33(2,31)32)16-29-25(20-7-4-3-5-8-20)24-17-28-23-10-6-9-21(15-27)26(23)30-24/h3-14,18,24-25,28-30H,16-17H2,1-2H3/t18-,24-,25-/m1/s1. The zero-order valence-electron chi connectivity index (χ0n) is 18.7. The van der Waals surface area contributed by atoms with Gasteiger partial charge in [0.05, 0.1) is 33.9 Å². The van der Waals surface area contributed by atoms with Gasteiger partial charge in [-0.15, -0.1) is 0 Å². The highest BCUT2D eigenvalue weighted by molar-refractivity contribution is 7.90. The molecule has 3 atom stereocenters. The van der Waals surface area contributed by atoms with Crippen molar-refractivity contribution in [2.75, 3.05) is 30.0 Å². The third-order valence-electron chi connectivity index (χ3n) is 6.11. The molecule has 3 aromatic rings. The monoisotopic (exact) mass is 460 g/mol. The second kappa shape index (κ2) is 9.65. The number of sulfone groups is 1. The molecule has 0 fully saturated rings. The van der Waals surface area contributed by atoms with E-state index in [9.17, 15) is 13.7 Å². The van der Waals surface area contributed by atoms with E-state index in [2.05, 4.69) is 41.1 Å². The highest BCUT2D eigenvalue weighted by Gasteiger charge is 2.28. The maximum Gasteiger partial charge on any atom is 0.175 e. The summed E-state index contributed by atoms with van der Waals surface area (Å²) in [5.41, 5.74) is 4.64. The van der Waals surface area contributed by atoms with Gasteiger partial charge in [-0.1, -0.05) is 55.5 Å². The van der Waals surface area contributed by atoms with Crippen molar-refractivity contribution in [2.24, 2.45) is 0 Å². The number of anilines is 2. The maximum atomic E-state index is 11.7. The molecule has 4 rings (SSSR count). The number of hydrogen-bond donors (Lipinski definition) is 3. The Kier molecular flexibility index (Phi) is 6.68. The lowest BCUT2D eigenvalue weighted by molar-refractivity contribution is 0.454.